The lowest BCUT2D eigenvalue weighted by Crippen LogP contribution is -2.12. The minimum absolute atomic E-state index is 0.00971. The fourth-order valence-corrected chi connectivity index (χ4v) is 3.87. The summed E-state index contributed by atoms with van der Waals surface area (Å²) in [6.45, 7) is 0. The molecule has 4 rings (SSSR count). The molecule has 1 N–H and O–H groups in total. The Morgan fingerprint density at radius 2 is 1.79 bits per heavy atom. The van der Waals surface area contributed by atoms with Crippen molar-refractivity contribution < 1.29 is 10.0 Å². The summed E-state index contributed by atoms with van der Waals surface area (Å²) in [4.78, 5) is 10.8. The zero-order valence-corrected chi connectivity index (χ0v) is 16.8. The number of fused-ring (bicyclic) bond motifs is 1. The van der Waals surface area contributed by atoms with Crippen molar-refractivity contribution in [1.82, 2.24) is 4.57 Å². The number of non-ortho nitro benzene ring substituents is 1. The first-order chi connectivity index (χ1) is 13.4. The number of phenols is 1. The molecule has 0 fully saturated rings. The minimum Gasteiger partial charge on any atom is -0.508 e. The molecule has 0 saturated heterocycles. The Morgan fingerprint density at radius 1 is 1.04 bits per heavy atom. The monoisotopic (exact) mass is 456 g/mol. The van der Waals surface area contributed by atoms with Crippen LogP contribution in [0.4, 0.5) is 5.69 Å². The molecule has 0 saturated carbocycles. The fraction of sp³-hybridized carbons (Fsp3) is 0.0476. The van der Waals surface area contributed by atoms with Gasteiger partial charge in [0.05, 0.1) is 11.0 Å². The lowest BCUT2D eigenvalue weighted by Gasteiger charge is -2.22. The van der Waals surface area contributed by atoms with Gasteiger partial charge in [-0.3, -0.25) is 10.1 Å². The van der Waals surface area contributed by atoms with Gasteiger partial charge in [-0.2, -0.15) is 0 Å². The normalized spacial score (nSPS) is 12.2. The number of rotatable bonds is 4. The Balaban J connectivity index is 1.98. The zero-order chi connectivity index (χ0) is 19.8. The van der Waals surface area contributed by atoms with Gasteiger partial charge in [-0.1, -0.05) is 39.7 Å². The largest absolute Gasteiger partial charge is 0.508 e. The molecule has 1 atom stereocenters. The molecule has 0 bridgehead atoms. The number of nitro benzene ring substituents is 1. The topological polar surface area (TPSA) is 68.3 Å². The molecule has 28 heavy (non-hydrogen) atoms. The number of aromatic hydroxyl groups is 1. The number of benzene rings is 3. The number of halogens is 2. The molecule has 140 valence electrons. The van der Waals surface area contributed by atoms with E-state index in [0.717, 1.165) is 20.9 Å². The van der Waals surface area contributed by atoms with Crippen molar-refractivity contribution in [3.63, 3.8) is 0 Å². The van der Waals surface area contributed by atoms with Crippen LogP contribution < -0.4 is 0 Å². The van der Waals surface area contributed by atoms with Crippen molar-refractivity contribution in [2.45, 2.75) is 6.04 Å². The van der Waals surface area contributed by atoms with Gasteiger partial charge in [0.2, 0.25) is 0 Å². The number of phenolic OH excluding ortho intramolecular Hbond substituents is 1. The van der Waals surface area contributed by atoms with Crippen molar-refractivity contribution in [3.8, 4) is 5.75 Å². The van der Waals surface area contributed by atoms with E-state index in [4.69, 9.17) is 11.6 Å². The lowest BCUT2D eigenvalue weighted by molar-refractivity contribution is -0.385. The number of nitro groups is 1. The van der Waals surface area contributed by atoms with E-state index in [2.05, 4.69) is 15.9 Å². The molecule has 0 aliphatic carbocycles. The molecule has 7 heteroatoms. The molecule has 1 unspecified atom stereocenters. The average molecular weight is 458 g/mol. The molecule has 0 aliphatic rings. The number of aromatic nitrogens is 1. The van der Waals surface area contributed by atoms with Gasteiger partial charge in [-0.15, -0.1) is 0 Å². The van der Waals surface area contributed by atoms with Crippen molar-refractivity contribution >= 4 is 44.1 Å². The summed E-state index contributed by atoms with van der Waals surface area (Å²) in [5.41, 5.74) is 2.15. The van der Waals surface area contributed by atoms with Crippen LogP contribution in [0.5, 0.6) is 5.75 Å². The molecule has 0 spiro atoms. The highest BCUT2D eigenvalue weighted by Crippen LogP contribution is 2.38. The van der Waals surface area contributed by atoms with Crippen LogP contribution in [-0.4, -0.2) is 14.6 Å². The van der Waals surface area contributed by atoms with Crippen LogP contribution in [0.1, 0.15) is 17.2 Å². The highest BCUT2D eigenvalue weighted by Gasteiger charge is 2.23. The maximum absolute atomic E-state index is 11.3. The second-order valence-corrected chi connectivity index (χ2v) is 7.73. The van der Waals surface area contributed by atoms with Crippen LogP contribution >= 0.6 is 27.5 Å². The summed E-state index contributed by atoms with van der Waals surface area (Å²) in [6, 6.07) is 18.7. The van der Waals surface area contributed by atoms with Gasteiger partial charge < -0.3 is 9.67 Å². The summed E-state index contributed by atoms with van der Waals surface area (Å²) < 4.78 is 2.95. The van der Waals surface area contributed by atoms with Crippen LogP contribution in [-0.2, 0) is 0 Å². The van der Waals surface area contributed by atoms with Crippen LogP contribution in [0, 0.1) is 10.1 Å². The van der Waals surface area contributed by atoms with Crippen molar-refractivity contribution in [2.75, 3.05) is 0 Å². The summed E-state index contributed by atoms with van der Waals surface area (Å²) >= 11 is 9.52. The van der Waals surface area contributed by atoms with E-state index < -0.39 is 11.0 Å². The molecule has 0 radical (unpaired) electrons. The Labute approximate surface area is 174 Å². The quantitative estimate of drug-likeness (QED) is 0.288. The Hall–Kier alpha value is -2.83. The smallest absolute Gasteiger partial charge is 0.270 e. The van der Waals surface area contributed by atoms with Gasteiger partial charge in [-0.25, -0.2) is 0 Å². The number of nitrogens with zero attached hydrogens (tertiary/aromatic N) is 2. The molecular formula is C21H14BrClN2O3. The predicted molar refractivity (Wildman–Crippen MR) is 113 cm³/mol. The molecule has 0 amide bonds. The van der Waals surface area contributed by atoms with Gasteiger partial charge in [-0.05, 0) is 48.0 Å². The third-order valence-electron chi connectivity index (χ3n) is 4.66. The molecule has 1 aromatic heterocycles. The second-order valence-electron chi connectivity index (χ2n) is 6.38. The predicted octanol–water partition coefficient (Wildman–Crippen LogP) is 6.31. The number of hydrogen-bond donors (Lipinski definition) is 1. The molecule has 5 nitrogen and oxygen atoms in total. The van der Waals surface area contributed by atoms with Gasteiger partial charge in [0.25, 0.3) is 5.69 Å². The summed E-state index contributed by atoms with van der Waals surface area (Å²) in [7, 11) is 0. The Kier molecular flexibility index (Phi) is 4.83. The summed E-state index contributed by atoms with van der Waals surface area (Å²) in [6.07, 6.45) is 1.91. The SMILES string of the molecule is O=[N+]([O-])c1ccc(O)c(C(c2ccc(Cl)cc2)n2ccc3cc(Br)ccc32)c1. The summed E-state index contributed by atoms with van der Waals surface area (Å²) in [5, 5.41) is 23.4. The second kappa shape index (κ2) is 7.30. The average Bonchev–Trinajstić information content (AvgIpc) is 3.07. The van der Waals surface area contributed by atoms with E-state index in [1.165, 1.54) is 18.2 Å². The maximum atomic E-state index is 11.3. The Bertz CT molecular complexity index is 1190. The maximum Gasteiger partial charge on any atom is 0.270 e. The Morgan fingerprint density at radius 3 is 2.50 bits per heavy atom. The van der Waals surface area contributed by atoms with E-state index in [0.29, 0.717) is 10.6 Å². The van der Waals surface area contributed by atoms with Gasteiger partial charge in [0, 0.05) is 44.3 Å². The number of hydrogen-bond acceptors (Lipinski definition) is 3. The van der Waals surface area contributed by atoms with E-state index in [1.807, 2.05) is 47.2 Å². The van der Waals surface area contributed by atoms with E-state index in [9.17, 15) is 15.2 Å². The van der Waals surface area contributed by atoms with Crippen LogP contribution in [0.15, 0.2) is 77.4 Å². The molecule has 0 aliphatic heterocycles. The molecule has 3 aromatic carbocycles. The van der Waals surface area contributed by atoms with Gasteiger partial charge in [0.15, 0.2) is 0 Å². The highest BCUT2D eigenvalue weighted by molar-refractivity contribution is 9.10. The third kappa shape index (κ3) is 3.37. The van der Waals surface area contributed by atoms with E-state index in [-0.39, 0.29) is 11.4 Å². The van der Waals surface area contributed by atoms with Crippen molar-refractivity contribution in [2.24, 2.45) is 0 Å². The van der Waals surface area contributed by atoms with Crippen LogP contribution in [0.25, 0.3) is 10.9 Å². The first kappa shape index (κ1) is 18.5. The van der Waals surface area contributed by atoms with Gasteiger partial charge >= 0.3 is 0 Å². The van der Waals surface area contributed by atoms with E-state index in [1.54, 1.807) is 12.1 Å². The first-order valence-electron chi connectivity index (χ1n) is 8.43. The third-order valence-corrected chi connectivity index (χ3v) is 5.41. The fourth-order valence-electron chi connectivity index (χ4n) is 3.37. The van der Waals surface area contributed by atoms with Crippen LogP contribution in [0.3, 0.4) is 0 Å². The van der Waals surface area contributed by atoms with Crippen LogP contribution in [0.2, 0.25) is 5.02 Å². The summed E-state index contributed by atoms with van der Waals surface area (Å²) in [5.74, 6) is -0.00971. The minimum atomic E-state index is -0.466. The molecule has 1 heterocycles. The van der Waals surface area contributed by atoms with Crippen molar-refractivity contribution in [3.05, 3.63) is 104 Å². The van der Waals surface area contributed by atoms with Gasteiger partial charge in [0.1, 0.15) is 5.75 Å². The zero-order valence-electron chi connectivity index (χ0n) is 14.4. The molecule has 4 aromatic rings. The van der Waals surface area contributed by atoms with Crippen molar-refractivity contribution in [1.29, 1.82) is 0 Å². The van der Waals surface area contributed by atoms with E-state index >= 15 is 0 Å². The standard InChI is InChI=1S/C21H14BrClN2O3/c22-15-3-7-19-14(11-15)9-10-24(19)21(13-1-4-16(23)5-2-13)18-12-17(25(27)28)6-8-20(18)26/h1-12,21,26H. The first-order valence-corrected chi connectivity index (χ1v) is 9.60. The lowest BCUT2D eigenvalue weighted by atomic mass is 9.96. The molecular weight excluding hydrogens is 444 g/mol. The highest BCUT2D eigenvalue weighted by atomic mass is 79.9.